The van der Waals surface area contributed by atoms with Gasteiger partial charge in [0.25, 0.3) is 15.7 Å². The number of ether oxygens (including phenoxy) is 4. The minimum atomic E-state index is -4.61. The fourth-order valence-corrected chi connectivity index (χ4v) is 7.41. The number of alkyl halides is 3. The molecule has 2 heterocycles. The number of aromatic carboxylic acids is 1. The fraction of sp³-hybridized carbons (Fsp3) is 0.294. The summed E-state index contributed by atoms with van der Waals surface area (Å²) in [5, 5.41) is 31.4. The van der Waals surface area contributed by atoms with Crippen molar-refractivity contribution >= 4 is 81.9 Å². The van der Waals surface area contributed by atoms with E-state index >= 15 is 0 Å². The Bertz CT molecular complexity index is 2560. The number of sulfonamides is 1. The van der Waals surface area contributed by atoms with E-state index in [2.05, 4.69) is 25.0 Å². The van der Waals surface area contributed by atoms with Crippen LogP contribution in [0.1, 0.15) is 44.8 Å². The molecule has 2 aromatic heterocycles. The van der Waals surface area contributed by atoms with E-state index in [1.165, 1.54) is 33.0 Å². The van der Waals surface area contributed by atoms with Gasteiger partial charge in [0, 0.05) is 25.0 Å². The van der Waals surface area contributed by atoms with Crippen LogP contribution in [0.25, 0.3) is 0 Å². The van der Waals surface area contributed by atoms with Crippen LogP contribution in [0.15, 0.2) is 52.7 Å². The third kappa shape index (κ3) is 18.2. The minimum absolute atomic E-state index is 0.0412. The number of carboxylic acid groups (broad SMARTS) is 2. The Balaban J connectivity index is 0.000000370. The van der Waals surface area contributed by atoms with Crippen LogP contribution in [0.5, 0.6) is 17.5 Å². The number of thiophene rings is 1. The molecular weight excluding hydrogens is 966 g/mol. The molecule has 0 saturated heterocycles. The lowest BCUT2D eigenvalue weighted by atomic mass is 10.1. The van der Waals surface area contributed by atoms with Crippen molar-refractivity contribution in [3.63, 3.8) is 0 Å². The number of aryl methyl sites for hydroxylation is 1. The number of methoxy groups -OCH3 is 1. The van der Waals surface area contributed by atoms with Crippen molar-refractivity contribution in [1.82, 2.24) is 19.7 Å². The van der Waals surface area contributed by atoms with E-state index < -0.39 is 97.6 Å². The molecule has 2 amide bonds. The van der Waals surface area contributed by atoms with Gasteiger partial charge in [-0.05, 0) is 56.0 Å². The highest BCUT2D eigenvalue weighted by Crippen LogP contribution is 2.38. The summed E-state index contributed by atoms with van der Waals surface area (Å²) in [5.74, 6) is -4.89. The predicted octanol–water partition coefficient (Wildman–Crippen LogP) is 4.93. The van der Waals surface area contributed by atoms with Gasteiger partial charge in [0.1, 0.15) is 38.7 Å². The molecule has 0 aliphatic carbocycles. The zero-order valence-corrected chi connectivity index (χ0v) is 37.0. The third-order valence-electron chi connectivity index (χ3n) is 7.14. The van der Waals surface area contributed by atoms with Gasteiger partial charge in [-0.15, -0.1) is 11.3 Å². The van der Waals surface area contributed by atoms with Crippen molar-refractivity contribution in [1.29, 1.82) is 0 Å². The number of nitro groups is 1. The molecule has 0 saturated carbocycles. The molecule has 0 aliphatic heterocycles. The Morgan fingerprint density at radius 3 is 2.26 bits per heavy atom. The lowest BCUT2D eigenvalue weighted by Crippen LogP contribution is -2.35. The maximum Gasteiger partial charge on any atom is 0.416 e. The molecule has 354 valence electrons. The highest BCUT2D eigenvalue weighted by Gasteiger charge is 2.31. The number of aliphatic carboxylic acids is 1. The molecule has 2 aromatic carbocycles. The Labute approximate surface area is 373 Å². The summed E-state index contributed by atoms with van der Waals surface area (Å²) in [6, 6.07) is 4.18. The van der Waals surface area contributed by atoms with Gasteiger partial charge in [0.15, 0.2) is 14.0 Å². The van der Waals surface area contributed by atoms with Gasteiger partial charge in [0.05, 0.1) is 29.2 Å². The van der Waals surface area contributed by atoms with Crippen molar-refractivity contribution in [2.24, 2.45) is 5.73 Å². The van der Waals surface area contributed by atoms with Gasteiger partial charge in [-0.3, -0.25) is 24.8 Å². The number of rotatable bonds is 16. The smallest absolute Gasteiger partial charge is 0.416 e. The van der Waals surface area contributed by atoms with E-state index in [0.717, 1.165) is 47.7 Å². The van der Waals surface area contributed by atoms with Crippen molar-refractivity contribution in [2.75, 3.05) is 38.5 Å². The maximum absolute atomic E-state index is 12.7. The van der Waals surface area contributed by atoms with Crippen molar-refractivity contribution < 1.29 is 89.1 Å². The average Bonchev–Trinajstić information content (AvgIpc) is 3.71. The van der Waals surface area contributed by atoms with Gasteiger partial charge in [-0.1, -0.05) is 11.6 Å². The number of esters is 2. The Morgan fingerprint density at radius 2 is 1.72 bits per heavy atom. The van der Waals surface area contributed by atoms with Gasteiger partial charge in [-0.2, -0.15) is 28.1 Å². The van der Waals surface area contributed by atoms with E-state index in [9.17, 15) is 60.2 Å². The second kappa shape index (κ2) is 24.0. The minimum Gasteiger partial charge on any atom is -0.480 e. The van der Waals surface area contributed by atoms with Crippen LogP contribution in [0.3, 0.4) is 0 Å². The summed E-state index contributed by atoms with van der Waals surface area (Å²) >= 11 is 6.53. The Morgan fingerprint density at radius 1 is 1.06 bits per heavy atom. The summed E-state index contributed by atoms with van der Waals surface area (Å²) < 4.78 is 94.1. The van der Waals surface area contributed by atoms with Gasteiger partial charge in [0.2, 0.25) is 5.95 Å². The van der Waals surface area contributed by atoms with Gasteiger partial charge in [-0.25, -0.2) is 32.3 Å². The number of nitrogens with one attached hydrogen (secondary N) is 2. The first-order chi connectivity index (χ1) is 30.1. The number of carboxylic acids is 2. The Hall–Kier alpha value is -6.52. The topological polar surface area (TPSA) is 366 Å². The van der Waals surface area contributed by atoms with Gasteiger partial charge < -0.3 is 39.8 Å². The average molecular weight is 1000 g/mol. The molecule has 0 bridgehead atoms. The first-order valence-corrected chi connectivity index (χ1v) is 22.5. The second-order valence-electron chi connectivity index (χ2n) is 12.2. The van der Waals surface area contributed by atoms with Crippen LogP contribution in [0, 0.1) is 17.0 Å². The predicted molar refractivity (Wildman–Crippen MR) is 219 cm³/mol. The molecule has 2 unspecified atom stereocenters. The van der Waals surface area contributed by atoms with Crippen molar-refractivity contribution in [3.05, 3.63) is 84.8 Å². The number of hydrogen-bond donors (Lipinski definition) is 6. The molecule has 0 fully saturated rings. The molecule has 4 rings (SSSR count). The first kappa shape index (κ1) is 54.6. The van der Waals surface area contributed by atoms with E-state index in [4.69, 9.17) is 46.7 Å². The summed E-state index contributed by atoms with van der Waals surface area (Å²) in [6.07, 6.45) is -4.61. The zero-order chi connectivity index (χ0) is 49.4. The highest BCUT2D eigenvalue weighted by molar-refractivity contribution is 7.90. The number of aromatic nitrogens is 3. The number of halogens is 4. The summed E-state index contributed by atoms with van der Waals surface area (Å²) in [6.45, 7) is 3.53. The quantitative estimate of drug-likeness (QED) is 0.0375. The monoisotopic (exact) mass is 1000 g/mol. The summed E-state index contributed by atoms with van der Waals surface area (Å²) in [4.78, 5) is 85.9. The zero-order valence-electron chi connectivity index (χ0n) is 33.7. The number of carbonyl (C=O) groups is 5. The third-order valence-corrected chi connectivity index (χ3v) is 10.9. The lowest BCUT2D eigenvalue weighted by molar-refractivity contribution is -0.385. The molecule has 0 radical (unpaired) electrons. The van der Waals surface area contributed by atoms with E-state index in [-0.39, 0.29) is 53.5 Å². The fourth-order valence-electron chi connectivity index (χ4n) is 4.27. The SMILES string of the molecule is CCOC(=O)COC(=O)c1cc(Oc2ccc(C(F)(F)F)cc2Cl)ccc1[N+](=O)[O-].COc1nc(C)nc(NC(=O)NS(=O)(=O)c2ccsc2C(=O)O)n1.CP(=O)(O)CCC(N)C(=O)O. The standard InChI is InChI=1S/C18H13ClF3NO7.C11H11N5O6S2.C5H12NO4P/c1-2-28-16(24)9-29-17(25)12-8-11(4-5-14(12)23(26)27)30-15-6-3-10(7-13(15)19)18(20,21)22;1-5-12-9(15-11(13-5)22-2)14-10(19)16-24(20,21)6-3-4-23-7(6)8(17)18;1-11(9,10)3-2-4(6)5(7)8/h3-8H,2,9H2,1H3;3-4H,1-2H3,(H,17,18)(H2,12,13,14,15,16,19);4H,2-3,6H2,1H3,(H,7,8)(H,9,10). The summed E-state index contributed by atoms with van der Waals surface area (Å²) in [7, 11) is -6.16. The number of anilines is 1. The van der Waals surface area contributed by atoms with E-state index in [1.807, 2.05) is 0 Å². The highest BCUT2D eigenvalue weighted by atomic mass is 35.5. The number of nitro benzene ring substituents is 1. The molecule has 65 heavy (non-hydrogen) atoms. The van der Waals surface area contributed by atoms with Crippen LogP contribution in [0.4, 0.5) is 29.6 Å². The van der Waals surface area contributed by atoms with Crippen molar-refractivity contribution in [3.8, 4) is 17.5 Å². The molecule has 24 nitrogen and oxygen atoms in total. The molecule has 7 N–H and O–H groups in total. The number of benzene rings is 2. The number of carbonyl (C=O) groups excluding carboxylic acids is 3. The number of nitrogens with two attached hydrogens (primary N) is 1. The maximum atomic E-state index is 12.7. The van der Waals surface area contributed by atoms with E-state index in [0.29, 0.717) is 6.07 Å². The Kier molecular flexibility index (Phi) is 20.1. The first-order valence-electron chi connectivity index (χ1n) is 17.4. The summed E-state index contributed by atoms with van der Waals surface area (Å²) in [5.41, 5.74) is 2.93. The molecule has 0 aliphatic rings. The van der Waals surface area contributed by atoms with Crippen LogP contribution in [0.2, 0.25) is 5.02 Å². The van der Waals surface area contributed by atoms with Crippen LogP contribution >= 0.6 is 30.3 Å². The molecule has 2 atom stereocenters. The second-order valence-corrected chi connectivity index (χ2v) is 17.8. The largest absolute Gasteiger partial charge is 0.480 e. The van der Waals surface area contributed by atoms with E-state index in [1.54, 1.807) is 4.72 Å². The number of nitrogens with zero attached hydrogens (tertiary/aromatic N) is 4. The molecule has 0 spiro atoms. The molecule has 31 heteroatoms. The van der Waals surface area contributed by atoms with Crippen LogP contribution in [-0.2, 0) is 39.8 Å². The molecule has 4 aromatic rings. The lowest BCUT2D eigenvalue weighted by Gasteiger charge is -2.12. The molecular formula is C34H36ClF3N7O17PS2. The van der Waals surface area contributed by atoms with Crippen molar-refractivity contribution in [2.45, 2.75) is 37.4 Å². The van der Waals surface area contributed by atoms with Crippen LogP contribution in [-0.4, -0.2) is 112 Å². The number of hydrogen-bond acceptors (Lipinski definition) is 19. The normalized spacial score (nSPS) is 12.3. The van der Waals surface area contributed by atoms with Gasteiger partial charge >= 0.3 is 42.1 Å². The number of urea groups is 1. The number of amides is 2. The van der Waals surface area contributed by atoms with Crippen LogP contribution < -0.4 is 25.2 Å².